The third kappa shape index (κ3) is 3.72. The predicted molar refractivity (Wildman–Crippen MR) is 78.6 cm³/mol. The van der Waals surface area contributed by atoms with Crippen LogP contribution in [0.15, 0.2) is 24.3 Å². The molecule has 0 radical (unpaired) electrons. The molecule has 1 aromatic rings. The highest BCUT2D eigenvalue weighted by Crippen LogP contribution is 2.20. The molecule has 1 aliphatic heterocycles. The molecule has 0 unspecified atom stereocenters. The number of carbonyl (C=O) groups is 2. The molecule has 3 N–H and O–H groups in total. The van der Waals surface area contributed by atoms with Crippen molar-refractivity contribution in [2.24, 2.45) is 11.8 Å². The van der Waals surface area contributed by atoms with E-state index in [9.17, 15) is 9.59 Å². The topological polar surface area (TPSA) is 84.7 Å². The Kier molecular flexibility index (Phi) is 5.16. The van der Waals surface area contributed by atoms with Crippen LogP contribution in [0.5, 0.6) is 5.75 Å². The maximum absolute atomic E-state index is 12.4. The molecule has 21 heavy (non-hydrogen) atoms. The van der Waals surface area contributed by atoms with Crippen molar-refractivity contribution in [1.82, 2.24) is 10.3 Å². The van der Waals surface area contributed by atoms with Gasteiger partial charge < -0.3 is 9.64 Å². The van der Waals surface area contributed by atoms with Crippen LogP contribution in [0, 0.1) is 5.92 Å². The Hall–Kier alpha value is -2.08. The quantitative estimate of drug-likeness (QED) is 0.491. The van der Waals surface area contributed by atoms with Crippen LogP contribution in [0.3, 0.4) is 0 Å². The first-order chi connectivity index (χ1) is 10.2. The van der Waals surface area contributed by atoms with Crippen LogP contribution in [0.2, 0.25) is 0 Å². The van der Waals surface area contributed by atoms with Gasteiger partial charge in [0.2, 0.25) is 5.91 Å². The first kappa shape index (κ1) is 15.3. The van der Waals surface area contributed by atoms with Gasteiger partial charge in [-0.25, -0.2) is 5.84 Å². The number of nitrogens with two attached hydrogens (primary N) is 1. The van der Waals surface area contributed by atoms with E-state index < -0.39 is 0 Å². The molecule has 2 rings (SSSR count). The lowest BCUT2D eigenvalue weighted by molar-refractivity contribution is -0.126. The third-order valence-corrected chi connectivity index (χ3v) is 3.71. The zero-order valence-corrected chi connectivity index (χ0v) is 12.2. The molecule has 2 amide bonds. The van der Waals surface area contributed by atoms with Crippen LogP contribution >= 0.6 is 0 Å². The van der Waals surface area contributed by atoms with E-state index in [0.717, 1.165) is 5.75 Å². The molecule has 1 aliphatic rings. The van der Waals surface area contributed by atoms with Gasteiger partial charge in [0.05, 0.1) is 6.61 Å². The van der Waals surface area contributed by atoms with E-state index in [1.807, 2.05) is 6.92 Å². The average Bonchev–Trinajstić information content (AvgIpc) is 2.54. The van der Waals surface area contributed by atoms with E-state index in [4.69, 9.17) is 10.6 Å². The summed E-state index contributed by atoms with van der Waals surface area (Å²) in [7, 11) is 0. The smallest absolute Gasteiger partial charge is 0.253 e. The number of ether oxygens (including phenoxy) is 1. The van der Waals surface area contributed by atoms with Crippen LogP contribution in [0.4, 0.5) is 0 Å². The average molecular weight is 291 g/mol. The number of hydrogen-bond donors (Lipinski definition) is 2. The molecule has 114 valence electrons. The van der Waals surface area contributed by atoms with Crippen LogP contribution < -0.4 is 16.0 Å². The number of carbonyl (C=O) groups excluding carboxylic acids is 2. The standard InChI is InChI=1S/C15H21N3O3/c1-2-21-13-5-3-12(4-6-13)15(20)18-9-7-11(8-10-18)14(19)17-16/h3-6,11H,2,7-10,16H2,1H3,(H,17,19). The summed E-state index contributed by atoms with van der Waals surface area (Å²) >= 11 is 0. The van der Waals surface area contributed by atoms with Crippen molar-refractivity contribution in [2.45, 2.75) is 19.8 Å². The highest BCUT2D eigenvalue weighted by molar-refractivity contribution is 5.94. The van der Waals surface area contributed by atoms with Crippen molar-refractivity contribution in [3.05, 3.63) is 29.8 Å². The van der Waals surface area contributed by atoms with Gasteiger partial charge in [0.1, 0.15) is 5.75 Å². The van der Waals surface area contributed by atoms with Crippen LogP contribution in [-0.2, 0) is 4.79 Å². The normalized spacial score (nSPS) is 15.6. The number of nitrogens with one attached hydrogen (secondary N) is 1. The number of likely N-dealkylation sites (tertiary alicyclic amines) is 1. The van der Waals surface area contributed by atoms with Crippen molar-refractivity contribution < 1.29 is 14.3 Å². The SMILES string of the molecule is CCOc1ccc(C(=O)N2CCC(C(=O)NN)CC2)cc1. The maximum atomic E-state index is 12.4. The Bertz CT molecular complexity index is 493. The minimum absolute atomic E-state index is 0.00958. The molecular formula is C15H21N3O3. The Balaban J connectivity index is 1.93. The molecule has 6 heteroatoms. The van der Waals surface area contributed by atoms with E-state index in [1.54, 1.807) is 29.2 Å². The molecule has 1 aromatic carbocycles. The third-order valence-electron chi connectivity index (χ3n) is 3.71. The van der Waals surface area contributed by atoms with E-state index >= 15 is 0 Å². The minimum atomic E-state index is -0.150. The lowest BCUT2D eigenvalue weighted by Gasteiger charge is -2.31. The van der Waals surface area contributed by atoms with Gasteiger partial charge in [0.15, 0.2) is 0 Å². The summed E-state index contributed by atoms with van der Waals surface area (Å²) < 4.78 is 5.36. The Morgan fingerprint density at radius 2 is 1.90 bits per heavy atom. The largest absolute Gasteiger partial charge is 0.494 e. The van der Waals surface area contributed by atoms with Crippen molar-refractivity contribution >= 4 is 11.8 Å². The number of benzene rings is 1. The fourth-order valence-electron chi connectivity index (χ4n) is 2.51. The Morgan fingerprint density at radius 3 is 2.43 bits per heavy atom. The molecule has 0 saturated carbocycles. The first-order valence-electron chi connectivity index (χ1n) is 7.18. The van der Waals surface area contributed by atoms with Crippen molar-refractivity contribution in [2.75, 3.05) is 19.7 Å². The fourth-order valence-corrected chi connectivity index (χ4v) is 2.51. The molecule has 0 aromatic heterocycles. The van der Waals surface area contributed by atoms with E-state index in [0.29, 0.717) is 38.1 Å². The zero-order valence-electron chi connectivity index (χ0n) is 12.2. The Morgan fingerprint density at radius 1 is 1.29 bits per heavy atom. The number of rotatable bonds is 4. The van der Waals surface area contributed by atoms with Crippen LogP contribution in [0.1, 0.15) is 30.1 Å². The van der Waals surface area contributed by atoms with E-state index in [-0.39, 0.29) is 17.7 Å². The highest BCUT2D eigenvalue weighted by atomic mass is 16.5. The van der Waals surface area contributed by atoms with Gasteiger partial charge in [-0.15, -0.1) is 0 Å². The van der Waals surface area contributed by atoms with Gasteiger partial charge in [-0.2, -0.15) is 0 Å². The second-order valence-electron chi connectivity index (χ2n) is 5.03. The van der Waals surface area contributed by atoms with Crippen LogP contribution in [-0.4, -0.2) is 36.4 Å². The molecule has 0 aliphatic carbocycles. The number of nitrogens with zero attached hydrogens (tertiary/aromatic N) is 1. The summed E-state index contributed by atoms with van der Waals surface area (Å²) in [6, 6.07) is 7.13. The predicted octanol–water partition coefficient (Wildman–Crippen LogP) is 0.927. The highest BCUT2D eigenvalue weighted by Gasteiger charge is 2.27. The molecule has 0 bridgehead atoms. The summed E-state index contributed by atoms with van der Waals surface area (Å²) in [4.78, 5) is 25.6. The summed E-state index contributed by atoms with van der Waals surface area (Å²) in [5, 5.41) is 0. The molecule has 1 fully saturated rings. The Labute approximate surface area is 124 Å². The summed E-state index contributed by atoms with van der Waals surface area (Å²) in [5.74, 6) is 5.63. The lowest BCUT2D eigenvalue weighted by Crippen LogP contribution is -2.44. The zero-order chi connectivity index (χ0) is 15.2. The fraction of sp³-hybridized carbons (Fsp3) is 0.467. The number of amides is 2. The van der Waals surface area contributed by atoms with Gasteiger partial charge in [-0.1, -0.05) is 0 Å². The second kappa shape index (κ2) is 7.08. The van der Waals surface area contributed by atoms with Crippen molar-refractivity contribution in [3.8, 4) is 5.75 Å². The van der Waals surface area contributed by atoms with Gasteiger partial charge in [0, 0.05) is 24.6 Å². The lowest BCUT2D eigenvalue weighted by atomic mass is 9.95. The van der Waals surface area contributed by atoms with Gasteiger partial charge in [-0.05, 0) is 44.0 Å². The molecule has 6 nitrogen and oxygen atoms in total. The van der Waals surface area contributed by atoms with Crippen molar-refractivity contribution in [1.29, 1.82) is 0 Å². The number of piperidine rings is 1. The monoisotopic (exact) mass is 291 g/mol. The first-order valence-corrected chi connectivity index (χ1v) is 7.18. The van der Waals surface area contributed by atoms with Crippen molar-refractivity contribution in [3.63, 3.8) is 0 Å². The molecule has 1 saturated heterocycles. The molecule has 1 heterocycles. The van der Waals surface area contributed by atoms with Crippen LogP contribution in [0.25, 0.3) is 0 Å². The summed E-state index contributed by atoms with van der Waals surface area (Å²) in [6.45, 7) is 3.67. The van der Waals surface area contributed by atoms with Gasteiger partial charge in [-0.3, -0.25) is 15.0 Å². The molecule has 0 spiro atoms. The maximum Gasteiger partial charge on any atom is 0.253 e. The molecule has 0 atom stereocenters. The minimum Gasteiger partial charge on any atom is -0.494 e. The summed E-state index contributed by atoms with van der Waals surface area (Å²) in [6.07, 6.45) is 1.29. The number of hydrazine groups is 1. The number of hydrogen-bond acceptors (Lipinski definition) is 4. The molecular weight excluding hydrogens is 270 g/mol. The van der Waals surface area contributed by atoms with E-state index in [1.165, 1.54) is 0 Å². The van der Waals surface area contributed by atoms with E-state index in [2.05, 4.69) is 5.43 Å². The second-order valence-corrected chi connectivity index (χ2v) is 5.03. The summed E-state index contributed by atoms with van der Waals surface area (Å²) in [5.41, 5.74) is 2.81. The van der Waals surface area contributed by atoms with Gasteiger partial charge in [0.25, 0.3) is 5.91 Å². The van der Waals surface area contributed by atoms with Gasteiger partial charge >= 0.3 is 0 Å².